The quantitative estimate of drug-likeness (QED) is 0.746. The summed E-state index contributed by atoms with van der Waals surface area (Å²) in [5.74, 6) is 0. The third kappa shape index (κ3) is 2.41. The van der Waals surface area contributed by atoms with E-state index in [4.69, 9.17) is 4.74 Å². The summed E-state index contributed by atoms with van der Waals surface area (Å²) in [4.78, 5) is 0. The minimum atomic E-state index is -3.44. The SMILES string of the molecule is COC1CN(S(=O)(=O)N(C)C)Cc2ccnn2C1. The summed E-state index contributed by atoms with van der Waals surface area (Å²) in [5.41, 5.74) is 0.875. The van der Waals surface area contributed by atoms with Crippen LogP contribution < -0.4 is 0 Å². The third-order valence-electron chi connectivity index (χ3n) is 3.05. The number of ether oxygens (including phenoxy) is 1. The van der Waals surface area contributed by atoms with Crippen molar-refractivity contribution in [3.05, 3.63) is 18.0 Å². The normalized spacial score (nSPS) is 21.9. The van der Waals surface area contributed by atoms with E-state index in [-0.39, 0.29) is 6.10 Å². The first-order valence-corrected chi connectivity index (χ1v) is 7.06. The largest absolute Gasteiger partial charge is 0.378 e. The van der Waals surface area contributed by atoms with E-state index in [1.165, 1.54) is 22.7 Å². The van der Waals surface area contributed by atoms with Gasteiger partial charge in [0.05, 0.1) is 24.9 Å². The predicted molar refractivity (Wildman–Crippen MR) is 66.0 cm³/mol. The van der Waals surface area contributed by atoms with Gasteiger partial charge in [0.1, 0.15) is 0 Å². The van der Waals surface area contributed by atoms with Crippen molar-refractivity contribution in [1.29, 1.82) is 0 Å². The lowest BCUT2D eigenvalue weighted by Crippen LogP contribution is -2.43. The molecule has 0 saturated heterocycles. The van der Waals surface area contributed by atoms with Gasteiger partial charge < -0.3 is 4.74 Å². The molecule has 1 aromatic heterocycles. The molecular formula is C10H18N4O3S. The molecule has 102 valence electrons. The molecular weight excluding hydrogens is 256 g/mol. The van der Waals surface area contributed by atoms with Crippen LogP contribution in [0.2, 0.25) is 0 Å². The molecule has 1 aliphatic rings. The maximum absolute atomic E-state index is 12.2. The average molecular weight is 274 g/mol. The van der Waals surface area contributed by atoms with Crippen LogP contribution in [-0.4, -0.2) is 60.7 Å². The lowest BCUT2D eigenvalue weighted by molar-refractivity contribution is 0.0737. The van der Waals surface area contributed by atoms with Crippen LogP contribution in [-0.2, 0) is 28.0 Å². The van der Waals surface area contributed by atoms with Gasteiger partial charge >= 0.3 is 0 Å². The Bertz CT molecular complexity index is 511. The van der Waals surface area contributed by atoms with Crippen LogP contribution in [0.25, 0.3) is 0 Å². The van der Waals surface area contributed by atoms with Gasteiger partial charge in [-0.2, -0.15) is 22.1 Å². The van der Waals surface area contributed by atoms with Crippen LogP contribution in [0, 0.1) is 0 Å². The number of rotatable bonds is 3. The molecule has 0 fully saturated rings. The summed E-state index contributed by atoms with van der Waals surface area (Å²) >= 11 is 0. The highest BCUT2D eigenvalue weighted by atomic mass is 32.2. The average Bonchev–Trinajstić information content (AvgIpc) is 2.66. The van der Waals surface area contributed by atoms with E-state index in [0.717, 1.165) is 5.69 Å². The Kier molecular flexibility index (Phi) is 3.71. The van der Waals surface area contributed by atoms with Gasteiger partial charge in [-0.15, -0.1) is 0 Å². The molecule has 0 spiro atoms. The number of hydrogen-bond acceptors (Lipinski definition) is 4. The highest BCUT2D eigenvalue weighted by Gasteiger charge is 2.31. The smallest absolute Gasteiger partial charge is 0.281 e. The fraction of sp³-hybridized carbons (Fsp3) is 0.700. The van der Waals surface area contributed by atoms with E-state index >= 15 is 0 Å². The fourth-order valence-corrected chi connectivity index (χ4v) is 3.05. The summed E-state index contributed by atoms with van der Waals surface area (Å²) in [6.45, 7) is 1.22. The highest BCUT2D eigenvalue weighted by Crippen LogP contribution is 2.17. The first-order valence-electron chi connectivity index (χ1n) is 5.66. The number of fused-ring (bicyclic) bond motifs is 1. The van der Waals surface area contributed by atoms with E-state index in [1.807, 2.05) is 6.07 Å². The molecule has 2 rings (SSSR count). The van der Waals surface area contributed by atoms with E-state index in [0.29, 0.717) is 19.6 Å². The molecule has 1 aromatic rings. The standard InChI is InChI=1S/C10H18N4O3S/c1-12(2)18(15,16)13-6-9-4-5-11-14(9)8-10(7-13)17-3/h4-5,10H,6-8H2,1-3H3. The van der Waals surface area contributed by atoms with E-state index in [2.05, 4.69) is 5.10 Å². The Morgan fingerprint density at radius 1 is 1.44 bits per heavy atom. The van der Waals surface area contributed by atoms with Crippen molar-refractivity contribution in [2.45, 2.75) is 19.2 Å². The molecule has 0 aromatic carbocycles. The second kappa shape index (κ2) is 4.96. The topological polar surface area (TPSA) is 67.7 Å². The first kappa shape index (κ1) is 13.5. The van der Waals surface area contributed by atoms with Gasteiger partial charge in [-0.1, -0.05) is 0 Å². The van der Waals surface area contributed by atoms with Gasteiger partial charge in [0.25, 0.3) is 10.2 Å². The van der Waals surface area contributed by atoms with Gasteiger partial charge in [0.2, 0.25) is 0 Å². The second-order valence-electron chi connectivity index (χ2n) is 4.45. The minimum Gasteiger partial charge on any atom is -0.378 e. The molecule has 1 aliphatic heterocycles. The van der Waals surface area contributed by atoms with Gasteiger partial charge in [0.15, 0.2) is 0 Å². The maximum atomic E-state index is 12.2. The maximum Gasteiger partial charge on any atom is 0.281 e. The van der Waals surface area contributed by atoms with E-state index in [9.17, 15) is 8.42 Å². The number of nitrogens with zero attached hydrogens (tertiary/aromatic N) is 4. The number of methoxy groups -OCH3 is 1. The monoisotopic (exact) mass is 274 g/mol. The summed E-state index contributed by atoms with van der Waals surface area (Å²) in [6.07, 6.45) is 1.48. The first-order chi connectivity index (χ1) is 8.45. The molecule has 7 nitrogen and oxygen atoms in total. The van der Waals surface area contributed by atoms with Gasteiger partial charge in [-0.05, 0) is 6.07 Å². The lowest BCUT2D eigenvalue weighted by Gasteiger charge is -2.25. The van der Waals surface area contributed by atoms with Crippen molar-refractivity contribution in [3.8, 4) is 0 Å². The second-order valence-corrected chi connectivity index (χ2v) is 6.59. The highest BCUT2D eigenvalue weighted by molar-refractivity contribution is 7.86. The minimum absolute atomic E-state index is 0.194. The third-order valence-corrected chi connectivity index (χ3v) is 4.90. The van der Waals surface area contributed by atoms with Crippen molar-refractivity contribution in [3.63, 3.8) is 0 Å². The Balaban J connectivity index is 2.33. The predicted octanol–water partition coefficient (Wildman–Crippen LogP) is -0.480. The Morgan fingerprint density at radius 2 is 2.17 bits per heavy atom. The van der Waals surface area contributed by atoms with E-state index in [1.54, 1.807) is 18.0 Å². The Hall–Kier alpha value is -0.960. The molecule has 2 heterocycles. The summed E-state index contributed by atoms with van der Waals surface area (Å²) in [5, 5.41) is 4.18. The van der Waals surface area contributed by atoms with Gasteiger partial charge in [0, 0.05) is 33.9 Å². The van der Waals surface area contributed by atoms with E-state index < -0.39 is 10.2 Å². The molecule has 0 bridgehead atoms. The zero-order valence-corrected chi connectivity index (χ0v) is 11.6. The van der Waals surface area contributed by atoms with Crippen molar-refractivity contribution >= 4 is 10.2 Å². The molecule has 8 heteroatoms. The van der Waals surface area contributed by atoms with Gasteiger partial charge in [-0.3, -0.25) is 4.68 Å². The van der Waals surface area contributed by atoms with Crippen molar-refractivity contribution in [1.82, 2.24) is 18.4 Å². The molecule has 18 heavy (non-hydrogen) atoms. The zero-order valence-electron chi connectivity index (χ0n) is 10.8. The molecule has 0 amide bonds. The Labute approximate surface area is 107 Å². The molecule has 0 aliphatic carbocycles. The summed E-state index contributed by atoms with van der Waals surface area (Å²) in [6, 6.07) is 1.83. The van der Waals surface area contributed by atoms with Crippen LogP contribution in [0.4, 0.5) is 0 Å². The van der Waals surface area contributed by atoms with Crippen LogP contribution in [0.3, 0.4) is 0 Å². The Morgan fingerprint density at radius 3 is 2.78 bits per heavy atom. The molecule has 0 radical (unpaired) electrons. The summed E-state index contributed by atoms with van der Waals surface area (Å²) < 4.78 is 34.1. The lowest BCUT2D eigenvalue weighted by atomic mass is 10.3. The van der Waals surface area contributed by atoms with Crippen LogP contribution in [0.1, 0.15) is 5.69 Å². The van der Waals surface area contributed by atoms with Crippen molar-refractivity contribution in [2.24, 2.45) is 0 Å². The van der Waals surface area contributed by atoms with Crippen LogP contribution >= 0.6 is 0 Å². The number of hydrogen-bond donors (Lipinski definition) is 0. The number of aromatic nitrogens is 2. The fourth-order valence-electron chi connectivity index (χ4n) is 1.94. The summed E-state index contributed by atoms with van der Waals surface area (Å²) in [7, 11) is 1.20. The van der Waals surface area contributed by atoms with Crippen LogP contribution in [0.5, 0.6) is 0 Å². The molecule has 0 saturated carbocycles. The molecule has 0 N–H and O–H groups in total. The van der Waals surface area contributed by atoms with Gasteiger partial charge in [-0.25, -0.2) is 0 Å². The molecule has 1 atom stereocenters. The van der Waals surface area contributed by atoms with Crippen molar-refractivity contribution in [2.75, 3.05) is 27.7 Å². The molecule has 1 unspecified atom stereocenters. The zero-order chi connectivity index (χ0) is 13.3. The van der Waals surface area contributed by atoms with Crippen LogP contribution in [0.15, 0.2) is 12.3 Å². The van der Waals surface area contributed by atoms with Crippen molar-refractivity contribution < 1.29 is 13.2 Å².